The Labute approximate surface area is 115 Å². The number of nitrogens with one attached hydrogen (secondary N) is 1. The first-order valence-corrected chi connectivity index (χ1v) is 6.68. The van der Waals surface area contributed by atoms with E-state index in [1.54, 1.807) is 0 Å². The molecule has 20 heavy (non-hydrogen) atoms. The molecule has 0 bridgehead atoms. The summed E-state index contributed by atoms with van der Waals surface area (Å²) < 4.78 is 6.89. The van der Waals surface area contributed by atoms with E-state index >= 15 is 0 Å². The number of aliphatic hydroxyl groups is 1. The van der Waals surface area contributed by atoms with Crippen LogP contribution in [0.25, 0.3) is 0 Å². The van der Waals surface area contributed by atoms with E-state index in [9.17, 15) is 19.5 Å². The summed E-state index contributed by atoms with van der Waals surface area (Å²) in [6, 6.07) is 0. The van der Waals surface area contributed by atoms with Gasteiger partial charge in [0.2, 0.25) is 0 Å². The first-order chi connectivity index (χ1) is 9.56. The van der Waals surface area contributed by atoms with Crippen molar-refractivity contribution in [2.45, 2.75) is 51.0 Å². The molecule has 0 aromatic carbocycles. The normalized spacial score (nSPS) is 25.8. The molecule has 3 unspecified atom stereocenters. The second-order valence-corrected chi connectivity index (χ2v) is 4.87. The molecule has 1 aliphatic heterocycles. The summed E-state index contributed by atoms with van der Waals surface area (Å²) in [5.41, 5.74) is -0.702. The van der Waals surface area contributed by atoms with Gasteiger partial charge in [-0.1, -0.05) is 6.92 Å². The number of H-pyrrole nitrogens is 1. The molecule has 1 fully saturated rings. The molecule has 1 aliphatic rings. The Balaban J connectivity index is 2.30. The maximum Gasteiger partial charge on any atom is 0.330 e. The number of ether oxygens (including phenoxy) is 1. The number of rotatable bonds is 5. The van der Waals surface area contributed by atoms with Crippen LogP contribution < -0.4 is 11.2 Å². The Bertz CT molecular complexity index is 591. The second kappa shape index (κ2) is 6.15. The highest BCUT2D eigenvalue weighted by Crippen LogP contribution is 2.29. The fourth-order valence-electron chi connectivity index (χ4n) is 2.39. The molecule has 0 amide bonds. The fourth-order valence-corrected chi connectivity index (χ4v) is 2.39. The molecule has 2 rings (SSSR count). The highest BCUT2D eigenvalue weighted by Gasteiger charge is 2.34. The van der Waals surface area contributed by atoms with Gasteiger partial charge in [-0.15, -0.1) is 0 Å². The van der Waals surface area contributed by atoms with Crippen LogP contribution >= 0.6 is 0 Å². The molecule has 0 saturated carbocycles. The van der Waals surface area contributed by atoms with Gasteiger partial charge in [0.1, 0.15) is 12.5 Å². The highest BCUT2D eigenvalue weighted by molar-refractivity contribution is 5.49. The summed E-state index contributed by atoms with van der Waals surface area (Å²) in [6.45, 7) is 1.89. The minimum atomic E-state index is -0.623. The van der Waals surface area contributed by atoms with E-state index in [2.05, 4.69) is 4.98 Å². The lowest BCUT2D eigenvalue weighted by atomic mass is 10.1. The summed E-state index contributed by atoms with van der Waals surface area (Å²) in [7, 11) is 0. The van der Waals surface area contributed by atoms with Crippen molar-refractivity contribution < 1.29 is 14.6 Å². The third kappa shape index (κ3) is 2.88. The molecule has 2 heterocycles. The van der Waals surface area contributed by atoms with Gasteiger partial charge in [0.15, 0.2) is 0 Å². The van der Waals surface area contributed by atoms with Crippen LogP contribution in [0.3, 0.4) is 0 Å². The smallest absolute Gasteiger partial charge is 0.330 e. The van der Waals surface area contributed by atoms with E-state index in [1.807, 2.05) is 6.92 Å². The largest absolute Gasteiger partial charge is 0.390 e. The summed E-state index contributed by atoms with van der Waals surface area (Å²) in [6.07, 6.45) is 2.05. The number of aldehydes is 1. The first kappa shape index (κ1) is 14.7. The SMILES string of the molecule is CCC1OC(n2cc(CCC=O)c(=O)[nH]c2=O)CC1O. The summed E-state index contributed by atoms with van der Waals surface area (Å²) in [5.74, 6) is 0. The van der Waals surface area contributed by atoms with E-state index in [0.717, 1.165) is 6.29 Å². The topological polar surface area (TPSA) is 101 Å². The maximum absolute atomic E-state index is 11.8. The molecule has 7 heteroatoms. The number of aromatic nitrogens is 2. The van der Waals surface area contributed by atoms with Gasteiger partial charge in [0.05, 0.1) is 12.2 Å². The number of carbonyl (C=O) groups is 1. The molecule has 1 aromatic rings. The Kier molecular flexibility index (Phi) is 4.51. The van der Waals surface area contributed by atoms with Gasteiger partial charge >= 0.3 is 5.69 Å². The zero-order chi connectivity index (χ0) is 14.7. The van der Waals surface area contributed by atoms with Crippen LogP contribution in [-0.4, -0.2) is 33.2 Å². The number of aryl methyl sites for hydroxylation is 1. The molecule has 0 spiro atoms. The van der Waals surface area contributed by atoms with Crippen molar-refractivity contribution in [3.63, 3.8) is 0 Å². The van der Waals surface area contributed by atoms with Crippen LogP contribution in [0.15, 0.2) is 15.8 Å². The third-order valence-electron chi connectivity index (χ3n) is 3.49. The lowest BCUT2D eigenvalue weighted by Gasteiger charge is -2.15. The predicted octanol–water partition coefficient (Wildman–Crippen LogP) is -0.273. The number of hydrogen-bond donors (Lipinski definition) is 2. The van der Waals surface area contributed by atoms with Crippen LogP contribution in [0.5, 0.6) is 0 Å². The minimum absolute atomic E-state index is 0.215. The lowest BCUT2D eigenvalue weighted by Crippen LogP contribution is -2.34. The zero-order valence-corrected chi connectivity index (χ0v) is 11.2. The average molecular weight is 282 g/mol. The van der Waals surface area contributed by atoms with Crippen LogP contribution in [0.2, 0.25) is 0 Å². The number of hydrogen-bond acceptors (Lipinski definition) is 5. The number of aliphatic hydroxyl groups excluding tert-OH is 1. The van der Waals surface area contributed by atoms with Crippen LogP contribution in [0.4, 0.5) is 0 Å². The molecule has 7 nitrogen and oxygen atoms in total. The summed E-state index contributed by atoms with van der Waals surface area (Å²) in [5, 5.41) is 9.82. The van der Waals surface area contributed by atoms with Crippen molar-refractivity contribution >= 4 is 6.29 Å². The van der Waals surface area contributed by atoms with E-state index in [0.29, 0.717) is 18.4 Å². The maximum atomic E-state index is 11.8. The minimum Gasteiger partial charge on any atom is -0.390 e. The molecular weight excluding hydrogens is 264 g/mol. The molecule has 0 aliphatic carbocycles. The fraction of sp³-hybridized carbons (Fsp3) is 0.615. The van der Waals surface area contributed by atoms with Gasteiger partial charge in [0, 0.05) is 24.6 Å². The van der Waals surface area contributed by atoms with Gasteiger partial charge in [0.25, 0.3) is 5.56 Å². The zero-order valence-electron chi connectivity index (χ0n) is 11.2. The van der Waals surface area contributed by atoms with Crippen molar-refractivity contribution in [3.8, 4) is 0 Å². The Morgan fingerprint density at radius 3 is 2.90 bits per heavy atom. The number of aromatic amines is 1. The van der Waals surface area contributed by atoms with Crippen molar-refractivity contribution in [1.82, 2.24) is 9.55 Å². The Hall–Kier alpha value is -1.73. The van der Waals surface area contributed by atoms with E-state index in [4.69, 9.17) is 4.74 Å². The van der Waals surface area contributed by atoms with Crippen molar-refractivity contribution in [3.05, 3.63) is 32.6 Å². The second-order valence-electron chi connectivity index (χ2n) is 4.87. The third-order valence-corrected chi connectivity index (χ3v) is 3.49. The number of carbonyl (C=O) groups excluding carboxylic acids is 1. The predicted molar refractivity (Wildman–Crippen MR) is 70.5 cm³/mol. The summed E-state index contributed by atoms with van der Waals surface area (Å²) in [4.78, 5) is 36.1. The molecule has 110 valence electrons. The molecule has 1 saturated heterocycles. The molecule has 2 N–H and O–H groups in total. The van der Waals surface area contributed by atoms with E-state index in [1.165, 1.54) is 10.8 Å². The van der Waals surface area contributed by atoms with Crippen molar-refractivity contribution in [1.29, 1.82) is 0 Å². The molecule has 1 aromatic heterocycles. The highest BCUT2D eigenvalue weighted by atomic mass is 16.5. The van der Waals surface area contributed by atoms with Gasteiger partial charge in [-0.2, -0.15) is 0 Å². The Morgan fingerprint density at radius 2 is 2.30 bits per heavy atom. The van der Waals surface area contributed by atoms with Gasteiger partial charge < -0.3 is 14.6 Å². The molecule has 0 radical (unpaired) electrons. The molecular formula is C13H18N2O5. The van der Waals surface area contributed by atoms with Crippen molar-refractivity contribution in [2.24, 2.45) is 0 Å². The standard InChI is InChI=1S/C13H18N2O5/c1-2-10-9(17)6-11(20-10)15-7-8(4-3-5-16)12(18)14-13(15)19/h5,7,9-11,17H,2-4,6H2,1H3,(H,14,18,19). The monoisotopic (exact) mass is 282 g/mol. The van der Waals surface area contributed by atoms with Gasteiger partial charge in [-0.05, 0) is 12.8 Å². The van der Waals surface area contributed by atoms with Crippen LogP contribution in [0.1, 0.15) is 38.0 Å². The quantitative estimate of drug-likeness (QED) is 0.724. The van der Waals surface area contributed by atoms with Gasteiger partial charge in [-0.25, -0.2) is 4.79 Å². The number of nitrogens with zero attached hydrogens (tertiary/aromatic N) is 1. The van der Waals surface area contributed by atoms with Gasteiger partial charge in [-0.3, -0.25) is 14.3 Å². The first-order valence-electron chi connectivity index (χ1n) is 6.68. The van der Waals surface area contributed by atoms with Crippen molar-refractivity contribution in [2.75, 3.05) is 0 Å². The van der Waals surface area contributed by atoms with Crippen LogP contribution in [-0.2, 0) is 16.0 Å². The van der Waals surface area contributed by atoms with E-state index in [-0.39, 0.29) is 18.9 Å². The van der Waals surface area contributed by atoms with Crippen LogP contribution in [0, 0.1) is 0 Å². The Morgan fingerprint density at radius 1 is 1.55 bits per heavy atom. The lowest BCUT2D eigenvalue weighted by molar-refractivity contribution is -0.107. The molecule has 3 atom stereocenters. The van der Waals surface area contributed by atoms with E-state index < -0.39 is 23.6 Å². The average Bonchev–Trinajstić information content (AvgIpc) is 2.79. The summed E-state index contributed by atoms with van der Waals surface area (Å²) >= 11 is 0.